The van der Waals surface area contributed by atoms with Crippen molar-refractivity contribution in [2.75, 3.05) is 20.6 Å². The molecule has 0 aromatic rings. The minimum atomic E-state index is 0.521. The molecule has 0 bridgehead atoms. The zero-order valence-electron chi connectivity index (χ0n) is 8.15. The fourth-order valence-electron chi connectivity index (χ4n) is 2.12. The Morgan fingerprint density at radius 2 is 2.18 bits per heavy atom. The lowest BCUT2D eigenvalue weighted by Crippen LogP contribution is -2.29. The van der Waals surface area contributed by atoms with Crippen LogP contribution in [-0.2, 0) is 0 Å². The van der Waals surface area contributed by atoms with E-state index in [0.29, 0.717) is 5.41 Å². The Kier molecular flexibility index (Phi) is 2.38. The Morgan fingerprint density at radius 3 is 2.55 bits per heavy atom. The van der Waals surface area contributed by atoms with Gasteiger partial charge in [-0.05, 0) is 39.3 Å². The van der Waals surface area contributed by atoms with E-state index in [2.05, 4.69) is 38.9 Å². The van der Waals surface area contributed by atoms with Crippen LogP contribution in [0.25, 0.3) is 0 Å². The van der Waals surface area contributed by atoms with Gasteiger partial charge in [0.15, 0.2) is 0 Å². The van der Waals surface area contributed by atoms with Crippen LogP contribution in [-0.4, -0.2) is 25.5 Å². The Labute approximate surface area is 70.1 Å². The molecule has 0 radical (unpaired) electrons. The van der Waals surface area contributed by atoms with Crippen LogP contribution >= 0.6 is 0 Å². The predicted molar refractivity (Wildman–Crippen MR) is 49.7 cm³/mol. The molecule has 0 aromatic heterocycles. The number of rotatable bonds is 2. The zero-order valence-corrected chi connectivity index (χ0v) is 8.15. The molecule has 1 heteroatoms. The van der Waals surface area contributed by atoms with Gasteiger partial charge in [-0.1, -0.05) is 18.6 Å². The topological polar surface area (TPSA) is 3.24 Å². The summed E-state index contributed by atoms with van der Waals surface area (Å²) in [5.41, 5.74) is 2.09. The van der Waals surface area contributed by atoms with Crippen LogP contribution in [0.1, 0.15) is 26.7 Å². The van der Waals surface area contributed by atoms with Gasteiger partial charge in [-0.25, -0.2) is 0 Å². The van der Waals surface area contributed by atoms with E-state index in [1.165, 1.54) is 19.4 Å². The molecule has 0 spiro atoms. The Hall–Kier alpha value is -0.300. The molecule has 1 nitrogen and oxygen atoms in total. The fraction of sp³-hybridized carbons (Fsp3) is 0.800. The molecule has 1 unspecified atom stereocenters. The normalized spacial score (nSPS) is 31.2. The van der Waals surface area contributed by atoms with Crippen LogP contribution in [0.3, 0.4) is 0 Å². The Bertz CT molecular complexity index is 170. The average molecular weight is 153 g/mol. The van der Waals surface area contributed by atoms with E-state index in [4.69, 9.17) is 0 Å². The first-order chi connectivity index (χ1) is 5.02. The summed E-state index contributed by atoms with van der Waals surface area (Å²) in [6.07, 6.45) is 4.92. The van der Waals surface area contributed by atoms with E-state index < -0.39 is 0 Å². The van der Waals surface area contributed by atoms with Crippen molar-refractivity contribution in [2.45, 2.75) is 26.7 Å². The van der Waals surface area contributed by atoms with Gasteiger partial charge >= 0.3 is 0 Å². The van der Waals surface area contributed by atoms with Gasteiger partial charge in [-0.15, -0.1) is 0 Å². The molecule has 64 valence electrons. The van der Waals surface area contributed by atoms with Crippen LogP contribution in [0.15, 0.2) is 11.6 Å². The van der Waals surface area contributed by atoms with Crippen molar-refractivity contribution in [3.8, 4) is 0 Å². The highest BCUT2D eigenvalue weighted by Crippen LogP contribution is 2.36. The number of nitrogens with zero attached hydrogens (tertiary/aromatic N) is 1. The SMILES string of the molecule is CC1=CCC(C)(CN(C)C)C1. The summed E-state index contributed by atoms with van der Waals surface area (Å²) in [5.74, 6) is 0. The second-order valence-corrected chi connectivity index (χ2v) is 4.48. The third-order valence-corrected chi connectivity index (χ3v) is 2.35. The summed E-state index contributed by atoms with van der Waals surface area (Å²) in [6.45, 7) is 5.82. The first-order valence-corrected chi connectivity index (χ1v) is 4.32. The quantitative estimate of drug-likeness (QED) is 0.550. The highest BCUT2D eigenvalue weighted by atomic mass is 15.1. The molecule has 0 aliphatic heterocycles. The minimum Gasteiger partial charge on any atom is -0.309 e. The van der Waals surface area contributed by atoms with Gasteiger partial charge in [-0.2, -0.15) is 0 Å². The van der Waals surface area contributed by atoms with Gasteiger partial charge in [0.2, 0.25) is 0 Å². The third kappa shape index (κ3) is 2.33. The maximum absolute atomic E-state index is 2.38. The van der Waals surface area contributed by atoms with Crippen LogP contribution < -0.4 is 0 Å². The molecular weight excluding hydrogens is 134 g/mol. The van der Waals surface area contributed by atoms with Crippen molar-refractivity contribution in [1.29, 1.82) is 0 Å². The summed E-state index contributed by atoms with van der Waals surface area (Å²) < 4.78 is 0. The molecular formula is C10H19N. The molecule has 0 N–H and O–H groups in total. The molecule has 0 fully saturated rings. The lowest BCUT2D eigenvalue weighted by molar-refractivity contribution is 0.230. The second-order valence-electron chi connectivity index (χ2n) is 4.48. The monoisotopic (exact) mass is 153 g/mol. The summed E-state index contributed by atoms with van der Waals surface area (Å²) in [5, 5.41) is 0. The van der Waals surface area contributed by atoms with Crippen molar-refractivity contribution in [3.05, 3.63) is 11.6 Å². The van der Waals surface area contributed by atoms with Crippen LogP contribution in [0, 0.1) is 5.41 Å². The predicted octanol–water partition coefficient (Wildman–Crippen LogP) is 2.29. The van der Waals surface area contributed by atoms with Gasteiger partial charge in [0.1, 0.15) is 0 Å². The highest BCUT2D eigenvalue weighted by Gasteiger charge is 2.28. The molecule has 0 saturated carbocycles. The molecule has 0 heterocycles. The van der Waals surface area contributed by atoms with E-state index in [9.17, 15) is 0 Å². The zero-order chi connectivity index (χ0) is 8.48. The van der Waals surface area contributed by atoms with E-state index >= 15 is 0 Å². The standard InChI is InChI=1S/C10H19N/c1-9-5-6-10(2,7-9)8-11(3)4/h5H,6-8H2,1-4H3. The van der Waals surface area contributed by atoms with E-state index in [1.54, 1.807) is 5.57 Å². The molecule has 1 aliphatic carbocycles. The summed E-state index contributed by atoms with van der Waals surface area (Å²) in [7, 11) is 4.30. The lowest BCUT2D eigenvalue weighted by atomic mass is 9.86. The number of allylic oxidation sites excluding steroid dienone is 2. The third-order valence-electron chi connectivity index (χ3n) is 2.35. The first kappa shape index (κ1) is 8.79. The van der Waals surface area contributed by atoms with E-state index in [1.807, 2.05) is 0 Å². The lowest BCUT2D eigenvalue weighted by Gasteiger charge is -2.27. The van der Waals surface area contributed by atoms with Crippen molar-refractivity contribution >= 4 is 0 Å². The molecule has 1 aliphatic rings. The minimum absolute atomic E-state index is 0.521. The van der Waals surface area contributed by atoms with Gasteiger partial charge in [0.05, 0.1) is 0 Å². The maximum Gasteiger partial charge on any atom is 0.00353 e. The number of hydrogen-bond acceptors (Lipinski definition) is 1. The first-order valence-electron chi connectivity index (χ1n) is 4.32. The second kappa shape index (κ2) is 2.98. The summed E-state index contributed by atoms with van der Waals surface area (Å²) in [6, 6.07) is 0. The van der Waals surface area contributed by atoms with Gasteiger partial charge in [0, 0.05) is 6.54 Å². The maximum atomic E-state index is 2.38. The fourth-order valence-corrected chi connectivity index (χ4v) is 2.12. The van der Waals surface area contributed by atoms with Crippen molar-refractivity contribution in [2.24, 2.45) is 5.41 Å². The van der Waals surface area contributed by atoms with E-state index in [0.717, 1.165) is 0 Å². The highest BCUT2D eigenvalue weighted by molar-refractivity contribution is 5.11. The van der Waals surface area contributed by atoms with E-state index in [-0.39, 0.29) is 0 Å². The van der Waals surface area contributed by atoms with Gasteiger partial charge in [0.25, 0.3) is 0 Å². The van der Waals surface area contributed by atoms with Crippen LogP contribution in [0.2, 0.25) is 0 Å². The van der Waals surface area contributed by atoms with Crippen LogP contribution in [0.4, 0.5) is 0 Å². The molecule has 0 saturated heterocycles. The smallest absolute Gasteiger partial charge is 0.00353 e. The molecule has 0 aromatic carbocycles. The molecule has 11 heavy (non-hydrogen) atoms. The summed E-state index contributed by atoms with van der Waals surface area (Å²) in [4.78, 5) is 2.28. The Morgan fingerprint density at radius 1 is 1.55 bits per heavy atom. The molecule has 0 amide bonds. The van der Waals surface area contributed by atoms with Crippen molar-refractivity contribution < 1.29 is 0 Å². The Balaban J connectivity index is 2.46. The van der Waals surface area contributed by atoms with Gasteiger partial charge < -0.3 is 4.90 Å². The molecule has 1 rings (SSSR count). The van der Waals surface area contributed by atoms with Gasteiger partial charge in [-0.3, -0.25) is 0 Å². The average Bonchev–Trinajstić information content (AvgIpc) is 2.08. The summed E-state index contributed by atoms with van der Waals surface area (Å²) >= 11 is 0. The molecule has 1 atom stereocenters. The van der Waals surface area contributed by atoms with Crippen molar-refractivity contribution in [3.63, 3.8) is 0 Å². The van der Waals surface area contributed by atoms with Crippen LogP contribution in [0.5, 0.6) is 0 Å². The largest absolute Gasteiger partial charge is 0.309 e. The number of hydrogen-bond donors (Lipinski definition) is 0. The van der Waals surface area contributed by atoms with Crippen molar-refractivity contribution in [1.82, 2.24) is 4.90 Å².